The largest absolute Gasteiger partial charge is 0.494 e. The van der Waals surface area contributed by atoms with Crippen LogP contribution in [0.5, 0.6) is 11.5 Å². The quantitative estimate of drug-likeness (QED) is 0.322. The second kappa shape index (κ2) is 12.7. The Bertz CT molecular complexity index is 1490. The molecule has 0 aliphatic carbocycles. The third-order valence-electron chi connectivity index (χ3n) is 7.83. The van der Waals surface area contributed by atoms with Crippen molar-refractivity contribution in [1.29, 1.82) is 0 Å². The van der Waals surface area contributed by atoms with E-state index in [2.05, 4.69) is 47.6 Å². The molecule has 2 aromatic carbocycles. The Morgan fingerprint density at radius 3 is 2.63 bits per heavy atom. The van der Waals surface area contributed by atoms with E-state index in [1.807, 2.05) is 13.0 Å². The molecule has 2 aliphatic heterocycles. The van der Waals surface area contributed by atoms with Crippen LogP contribution in [0.3, 0.4) is 0 Å². The topological polar surface area (TPSA) is 88.4 Å². The van der Waals surface area contributed by atoms with Crippen LogP contribution in [0.4, 0.5) is 4.39 Å². The molecule has 0 spiro atoms. The van der Waals surface area contributed by atoms with Gasteiger partial charge in [-0.2, -0.15) is 10.2 Å². The lowest BCUT2D eigenvalue weighted by Gasteiger charge is -2.30. The molecule has 2 unspecified atom stereocenters. The van der Waals surface area contributed by atoms with Gasteiger partial charge in [-0.15, -0.1) is 0 Å². The van der Waals surface area contributed by atoms with Crippen LogP contribution in [0.15, 0.2) is 52.7 Å². The Labute approximate surface area is 240 Å². The van der Waals surface area contributed by atoms with Crippen LogP contribution in [0.1, 0.15) is 63.3 Å². The summed E-state index contributed by atoms with van der Waals surface area (Å²) in [5, 5.41) is 12.4. The molecule has 1 N–H and O–H groups in total. The highest BCUT2D eigenvalue weighted by Gasteiger charge is 2.24. The molecule has 41 heavy (non-hydrogen) atoms. The fourth-order valence-corrected chi connectivity index (χ4v) is 5.44. The van der Waals surface area contributed by atoms with E-state index in [4.69, 9.17) is 19.6 Å². The van der Waals surface area contributed by atoms with Crippen LogP contribution in [0.25, 0.3) is 10.9 Å². The van der Waals surface area contributed by atoms with Crippen LogP contribution in [0, 0.1) is 17.7 Å². The normalized spacial score (nSPS) is 19.0. The van der Waals surface area contributed by atoms with Crippen LogP contribution >= 0.6 is 0 Å². The number of unbranched alkanes of at least 4 members (excludes halogenated alkanes) is 1. The predicted molar refractivity (Wildman–Crippen MR) is 159 cm³/mol. The lowest BCUT2D eigenvalue weighted by atomic mass is 9.91. The molecule has 5 rings (SSSR count). The maximum absolute atomic E-state index is 14.7. The molecule has 3 aromatic rings. The van der Waals surface area contributed by atoms with E-state index >= 15 is 0 Å². The highest BCUT2D eigenvalue weighted by atomic mass is 19.1. The van der Waals surface area contributed by atoms with Crippen LogP contribution in [0.2, 0.25) is 0 Å². The van der Waals surface area contributed by atoms with Gasteiger partial charge in [-0.1, -0.05) is 26.8 Å². The third kappa shape index (κ3) is 6.34. The lowest BCUT2D eigenvalue weighted by Crippen LogP contribution is -2.32. The average molecular weight is 560 g/mol. The van der Waals surface area contributed by atoms with Crippen molar-refractivity contribution in [3.63, 3.8) is 0 Å². The number of hydrogen-bond donors (Lipinski definition) is 1. The number of ether oxygens (including phenoxy) is 2. The summed E-state index contributed by atoms with van der Waals surface area (Å²) in [4.78, 5) is 16.3. The maximum atomic E-state index is 14.7. The molecule has 3 heterocycles. The first-order chi connectivity index (χ1) is 19.9. The molecular formula is C32H38FN5O3. The first-order valence-corrected chi connectivity index (χ1v) is 14.5. The molecule has 2 aliphatic rings. The Balaban J connectivity index is 1.19. The van der Waals surface area contributed by atoms with Gasteiger partial charge in [-0.05, 0) is 62.1 Å². The SMILES string of the molecule is CCc1ccc2c(C3=NN(CCCCOc4ccc(C5=NNC(=O)CC5C)cc4F)CCC3C)ccc(OC)c2n1. The van der Waals surface area contributed by atoms with E-state index in [0.29, 0.717) is 30.2 Å². The fraction of sp³-hybridized carbons (Fsp3) is 0.438. The monoisotopic (exact) mass is 559 g/mol. The number of nitrogens with one attached hydrogen (secondary N) is 1. The summed E-state index contributed by atoms with van der Waals surface area (Å²) in [5.74, 6) is 0.712. The Morgan fingerprint density at radius 1 is 1.05 bits per heavy atom. The number of amides is 1. The summed E-state index contributed by atoms with van der Waals surface area (Å²) in [6.45, 7) is 8.36. The Kier molecular flexibility index (Phi) is 8.81. The number of fused-ring (bicyclic) bond motifs is 1. The van der Waals surface area contributed by atoms with Crippen molar-refractivity contribution in [2.24, 2.45) is 22.0 Å². The van der Waals surface area contributed by atoms with Gasteiger partial charge in [0, 0.05) is 53.6 Å². The highest BCUT2D eigenvalue weighted by Crippen LogP contribution is 2.31. The zero-order chi connectivity index (χ0) is 28.9. The number of methoxy groups -OCH3 is 1. The van der Waals surface area contributed by atoms with Crippen LogP contribution < -0.4 is 14.9 Å². The maximum Gasteiger partial charge on any atom is 0.240 e. The summed E-state index contributed by atoms with van der Waals surface area (Å²) in [7, 11) is 1.68. The smallest absolute Gasteiger partial charge is 0.240 e. The third-order valence-corrected chi connectivity index (χ3v) is 7.83. The van der Waals surface area contributed by atoms with Gasteiger partial charge in [0.05, 0.1) is 25.1 Å². The molecule has 1 aromatic heterocycles. The Hall–Kier alpha value is -4.01. The number of carbonyl (C=O) groups excluding carboxylic acids is 1. The van der Waals surface area contributed by atoms with E-state index < -0.39 is 5.82 Å². The van der Waals surface area contributed by atoms with Gasteiger partial charge in [-0.25, -0.2) is 14.8 Å². The molecular weight excluding hydrogens is 521 g/mol. The van der Waals surface area contributed by atoms with E-state index in [-0.39, 0.29) is 17.6 Å². The number of hydrazone groups is 2. The molecule has 2 atom stereocenters. The average Bonchev–Trinajstić information content (AvgIpc) is 2.97. The van der Waals surface area contributed by atoms with E-state index in [1.54, 1.807) is 19.2 Å². The Morgan fingerprint density at radius 2 is 1.88 bits per heavy atom. The highest BCUT2D eigenvalue weighted by molar-refractivity contribution is 6.12. The minimum absolute atomic E-state index is 0.0649. The summed E-state index contributed by atoms with van der Waals surface area (Å²) in [6.07, 6.45) is 3.89. The minimum atomic E-state index is -0.430. The fourth-order valence-electron chi connectivity index (χ4n) is 5.44. The van der Waals surface area contributed by atoms with Gasteiger partial charge >= 0.3 is 0 Å². The van der Waals surface area contributed by atoms with Crippen LogP contribution in [-0.4, -0.2) is 54.1 Å². The van der Waals surface area contributed by atoms with E-state index in [0.717, 1.165) is 72.4 Å². The van der Waals surface area contributed by atoms with Gasteiger partial charge < -0.3 is 9.47 Å². The van der Waals surface area contributed by atoms with Crippen molar-refractivity contribution >= 4 is 28.2 Å². The standard InChI is InChI=1S/C32H38FN5O3/c1-5-23-9-10-25-24(11-13-28(40-4)32(25)34-23)31-20(2)14-16-38(37-31)15-6-7-17-41-27-12-8-22(19-26(27)33)30-21(3)18-29(39)35-36-30/h8-13,19-21H,5-7,14-18H2,1-4H3,(H,35,39). The number of hydrogen-bond acceptors (Lipinski definition) is 7. The molecule has 0 bridgehead atoms. The molecule has 8 nitrogen and oxygen atoms in total. The molecule has 0 saturated carbocycles. The zero-order valence-corrected chi connectivity index (χ0v) is 24.2. The number of nitrogens with zero attached hydrogens (tertiary/aromatic N) is 4. The summed E-state index contributed by atoms with van der Waals surface area (Å²) in [6, 6.07) is 13.2. The molecule has 0 radical (unpaired) electrons. The van der Waals surface area contributed by atoms with Gasteiger partial charge in [0.1, 0.15) is 11.3 Å². The van der Waals surface area contributed by atoms with Gasteiger partial charge in [0.2, 0.25) is 5.91 Å². The van der Waals surface area contributed by atoms with Crippen molar-refractivity contribution < 1.29 is 18.7 Å². The number of benzene rings is 2. The summed E-state index contributed by atoms with van der Waals surface area (Å²) < 4.78 is 26.1. The lowest BCUT2D eigenvalue weighted by molar-refractivity contribution is -0.121. The van der Waals surface area contributed by atoms with Crippen molar-refractivity contribution in [2.75, 3.05) is 26.8 Å². The number of rotatable bonds is 10. The number of halogens is 1. The van der Waals surface area contributed by atoms with Gasteiger partial charge in [-0.3, -0.25) is 9.80 Å². The number of pyridine rings is 1. The van der Waals surface area contributed by atoms with Gasteiger partial charge in [0.25, 0.3) is 0 Å². The summed E-state index contributed by atoms with van der Waals surface area (Å²) in [5.41, 5.74) is 7.90. The molecule has 216 valence electrons. The summed E-state index contributed by atoms with van der Waals surface area (Å²) >= 11 is 0. The second-order valence-electron chi connectivity index (χ2n) is 10.8. The predicted octanol–water partition coefficient (Wildman–Crippen LogP) is 5.71. The van der Waals surface area contributed by atoms with Gasteiger partial charge in [0.15, 0.2) is 11.6 Å². The first-order valence-electron chi connectivity index (χ1n) is 14.5. The van der Waals surface area contributed by atoms with Crippen LogP contribution in [-0.2, 0) is 11.2 Å². The number of carbonyl (C=O) groups is 1. The van der Waals surface area contributed by atoms with Crippen molar-refractivity contribution in [1.82, 2.24) is 15.4 Å². The second-order valence-corrected chi connectivity index (χ2v) is 10.8. The molecule has 9 heteroatoms. The minimum Gasteiger partial charge on any atom is -0.494 e. The zero-order valence-electron chi connectivity index (χ0n) is 24.2. The van der Waals surface area contributed by atoms with Crippen molar-refractivity contribution in [3.05, 3.63) is 65.1 Å². The molecule has 0 saturated heterocycles. The number of aromatic nitrogens is 1. The van der Waals surface area contributed by atoms with E-state index in [9.17, 15) is 9.18 Å². The molecule has 0 fully saturated rings. The van der Waals surface area contributed by atoms with Crippen molar-refractivity contribution in [3.8, 4) is 11.5 Å². The van der Waals surface area contributed by atoms with Crippen molar-refractivity contribution in [2.45, 2.75) is 52.9 Å². The van der Waals surface area contributed by atoms with E-state index in [1.165, 1.54) is 6.07 Å². The number of aryl methyl sites for hydroxylation is 1. The molecule has 1 amide bonds. The first kappa shape index (κ1) is 28.5.